The summed E-state index contributed by atoms with van der Waals surface area (Å²) in [6, 6.07) is 16.0. The van der Waals surface area contributed by atoms with Gasteiger partial charge in [-0.25, -0.2) is 5.43 Å². The summed E-state index contributed by atoms with van der Waals surface area (Å²) in [5.41, 5.74) is 5.03. The van der Waals surface area contributed by atoms with Crippen molar-refractivity contribution in [1.29, 1.82) is 0 Å². The first kappa shape index (κ1) is 21.2. The Morgan fingerprint density at radius 2 is 1.71 bits per heavy atom. The summed E-state index contributed by atoms with van der Waals surface area (Å²) >= 11 is 0. The minimum Gasteiger partial charge on any atom is -0.378 e. The highest BCUT2D eigenvalue weighted by Gasteiger charge is 2.26. The summed E-state index contributed by atoms with van der Waals surface area (Å²) in [4.78, 5) is 27.0. The zero-order valence-electron chi connectivity index (χ0n) is 16.8. The minimum atomic E-state index is -0.661. The number of nitrogens with one attached hydrogen (secondary N) is 2. The Bertz CT molecular complexity index is 801. The summed E-state index contributed by atoms with van der Waals surface area (Å²) in [5, 5.41) is 6.87. The molecule has 2 aromatic rings. The molecule has 0 fully saturated rings. The molecule has 0 spiro atoms. The molecule has 0 saturated carbocycles. The van der Waals surface area contributed by atoms with Gasteiger partial charge in [-0.15, -0.1) is 0 Å². The van der Waals surface area contributed by atoms with Crippen LogP contribution in [0, 0.1) is 5.92 Å². The number of carbonyl (C=O) groups is 2. The van der Waals surface area contributed by atoms with Crippen LogP contribution in [-0.4, -0.2) is 38.2 Å². The normalized spacial score (nSPS) is 13.0. The van der Waals surface area contributed by atoms with Gasteiger partial charge < -0.3 is 10.2 Å². The summed E-state index contributed by atoms with van der Waals surface area (Å²) in [6.07, 6.45) is 2.34. The highest BCUT2D eigenvalue weighted by molar-refractivity contribution is 5.97. The molecule has 2 unspecified atom stereocenters. The number of hydrogen-bond donors (Lipinski definition) is 2. The molecule has 2 aromatic carbocycles. The van der Waals surface area contributed by atoms with Gasteiger partial charge in [-0.3, -0.25) is 9.59 Å². The molecule has 2 atom stereocenters. The fourth-order valence-corrected chi connectivity index (χ4v) is 2.61. The van der Waals surface area contributed by atoms with Crippen molar-refractivity contribution >= 4 is 23.7 Å². The maximum absolute atomic E-state index is 12.6. The van der Waals surface area contributed by atoms with Crippen LogP contribution in [0.3, 0.4) is 0 Å². The second-order valence-electron chi connectivity index (χ2n) is 6.92. The zero-order chi connectivity index (χ0) is 20.5. The van der Waals surface area contributed by atoms with Crippen molar-refractivity contribution in [2.45, 2.75) is 26.3 Å². The van der Waals surface area contributed by atoms with Crippen molar-refractivity contribution in [1.82, 2.24) is 10.7 Å². The number of anilines is 1. The minimum absolute atomic E-state index is 0.0257. The molecule has 0 aromatic heterocycles. The van der Waals surface area contributed by atoms with E-state index >= 15 is 0 Å². The van der Waals surface area contributed by atoms with Crippen molar-refractivity contribution < 1.29 is 9.59 Å². The second kappa shape index (κ2) is 10.3. The molecule has 0 aliphatic rings. The van der Waals surface area contributed by atoms with E-state index < -0.39 is 6.04 Å². The average Bonchev–Trinajstić information content (AvgIpc) is 2.72. The molecular formula is C22H28N4O2. The largest absolute Gasteiger partial charge is 0.378 e. The predicted octanol–water partition coefficient (Wildman–Crippen LogP) is 3.05. The summed E-state index contributed by atoms with van der Waals surface area (Å²) in [6.45, 7) is 3.91. The van der Waals surface area contributed by atoms with E-state index in [2.05, 4.69) is 15.8 Å². The van der Waals surface area contributed by atoms with Gasteiger partial charge in [-0.2, -0.15) is 5.10 Å². The van der Waals surface area contributed by atoms with Crippen LogP contribution in [0.5, 0.6) is 0 Å². The number of carbonyl (C=O) groups excluding carboxylic acids is 2. The Morgan fingerprint density at radius 3 is 2.29 bits per heavy atom. The van der Waals surface area contributed by atoms with Crippen molar-refractivity contribution in [2.24, 2.45) is 11.0 Å². The average molecular weight is 380 g/mol. The first-order valence-electron chi connectivity index (χ1n) is 9.38. The van der Waals surface area contributed by atoms with E-state index in [1.165, 1.54) is 0 Å². The van der Waals surface area contributed by atoms with Gasteiger partial charge in [0.1, 0.15) is 6.04 Å². The van der Waals surface area contributed by atoms with E-state index in [4.69, 9.17) is 0 Å². The van der Waals surface area contributed by atoms with Crippen LogP contribution < -0.4 is 15.6 Å². The third-order valence-corrected chi connectivity index (χ3v) is 4.62. The maximum atomic E-state index is 12.6. The van der Waals surface area contributed by atoms with Crippen molar-refractivity contribution in [3.05, 3.63) is 65.7 Å². The van der Waals surface area contributed by atoms with Crippen LogP contribution in [0.2, 0.25) is 0 Å². The van der Waals surface area contributed by atoms with Crippen molar-refractivity contribution in [3.8, 4) is 0 Å². The molecule has 6 heteroatoms. The third kappa shape index (κ3) is 5.94. The predicted molar refractivity (Wildman–Crippen MR) is 114 cm³/mol. The van der Waals surface area contributed by atoms with Crippen LogP contribution in [-0.2, 0) is 4.79 Å². The quantitative estimate of drug-likeness (QED) is 0.546. The zero-order valence-corrected chi connectivity index (χ0v) is 16.8. The monoisotopic (exact) mass is 380 g/mol. The fraction of sp³-hybridized carbons (Fsp3) is 0.318. The number of benzene rings is 2. The summed E-state index contributed by atoms with van der Waals surface area (Å²) in [5.74, 6) is -0.633. The van der Waals surface area contributed by atoms with Gasteiger partial charge in [-0.05, 0) is 35.7 Å². The van der Waals surface area contributed by atoms with Gasteiger partial charge in [0, 0.05) is 25.3 Å². The lowest BCUT2D eigenvalue weighted by atomic mass is 9.98. The lowest BCUT2D eigenvalue weighted by Crippen LogP contribution is -2.49. The number of rotatable bonds is 8. The van der Waals surface area contributed by atoms with Gasteiger partial charge in [-0.1, -0.05) is 50.6 Å². The van der Waals surface area contributed by atoms with E-state index in [9.17, 15) is 9.59 Å². The molecule has 0 radical (unpaired) electrons. The van der Waals surface area contributed by atoms with Gasteiger partial charge in [0.2, 0.25) is 0 Å². The number of hydrazone groups is 1. The first-order chi connectivity index (χ1) is 13.4. The molecule has 2 amide bonds. The lowest BCUT2D eigenvalue weighted by molar-refractivity contribution is -0.124. The van der Waals surface area contributed by atoms with Gasteiger partial charge in [0.25, 0.3) is 11.8 Å². The molecule has 2 rings (SSSR count). The fourth-order valence-electron chi connectivity index (χ4n) is 2.61. The molecule has 148 valence electrons. The Kier molecular flexibility index (Phi) is 7.75. The molecule has 0 aliphatic carbocycles. The van der Waals surface area contributed by atoms with Crippen molar-refractivity contribution in [2.75, 3.05) is 19.0 Å². The molecular weight excluding hydrogens is 352 g/mol. The Hall–Kier alpha value is -3.15. The Balaban J connectivity index is 2.01. The van der Waals surface area contributed by atoms with E-state index in [1.54, 1.807) is 30.5 Å². The molecule has 28 heavy (non-hydrogen) atoms. The highest BCUT2D eigenvalue weighted by atomic mass is 16.2. The van der Waals surface area contributed by atoms with E-state index in [-0.39, 0.29) is 17.7 Å². The SMILES string of the molecule is CCC(C)C(NC(=O)c1ccccc1)C(=O)N/N=C/c1ccc(N(C)C)cc1. The highest BCUT2D eigenvalue weighted by Crippen LogP contribution is 2.11. The van der Waals surface area contributed by atoms with Crippen LogP contribution in [0.4, 0.5) is 5.69 Å². The number of nitrogens with zero attached hydrogens (tertiary/aromatic N) is 2. The summed E-state index contributed by atoms with van der Waals surface area (Å²) in [7, 11) is 3.95. The third-order valence-electron chi connectivity index (χ3n) is 4.62. The Labute approximate surface area is 166 Å². The molecule has 0 saturated heterocycles. The second-order valence-corrected chi connectivity index (χ2v) is 6.92. The number of hydrogen-bond acceptors (Lipinski definition) is 4. The van der Waals surface area contributed by atoms with Gasteiger partial charge in [0.05, 0.1) is 6.21 Å². The van der Waals surface area contributed by atoms with Gasteiger partial charge >= 0.3 is 0 Å². The standard InChI is InChI=1S/C22H28N4O2/c1-5-16(2)20(24-21(27)18-9-7-6-8-10-18)22(28)25-23-15-17-11-13-19(14-12-17)26(3)4/h6-16,20H,5H2,1-4H3,(H,24,27)(H,25,28)/b23-15+. The number of amides is 2. The Morgan fingerprint density at radius 1 is 1.07 bits per heavy atom. The van der Waals surface area contributed by atoms with Crippen LogP contribution >= 0.6 is 0 Å². The van der Waals surface area contributed by atoms with E-state index in [0.29, 0.717) is 5.56 Å². The maximum Gasteiger partial charge on any atom is 0.262 e. The van der Waals surface area contributed by atoms with E-state index in [1.807, 2.05) is 63.2 Å². The topological polar surface area (TPSA) is 73.8 Å². The smallest absolute Gasteiger partial charge is 0.262 e. The molecule has 0 bridgehead atoms. The lowest BCUT2D eigenvalue weighted by Gasteiger charge is -2.22. The molecule has 0 heterocycles. The molecule has 0 aliphatic heterocycles. The van der Waals surface area contributed by atoms with E-state index in [0.717, 1.165) is 17.7 Å². The van der Waals surface area contributed by atoms with Gasteiger partial charge in [0.15, 0.2) is 0 Å². The van der Waals surface area contributed by atoms with Crippen LogP contribution in [0.1, 0.15) is 36.2 Å². The van der Waals surface area contributed by atoms with Crippen LogP contribution in [0.15, 0.2) is 59.7 Å². The summed E-state index contributed by atoms with van der Waals surface area (Å²) < 4.78 is 0. The molecule has 2 N–H and O–H groups in total. The molecule has 6 nitrogen and oxygen atoms in total. The first-order valence-corrected chi connectivity index (χ1v) is 9.38. The van der Waals surface area contributed by atoms with Crippen molar-refractivity contribution in [3.63, 3.8) is 0 Å². The van der Waals surface area contributed by atoms with Crippen LogP contribution in [0.25, 0.3) is 0 Å².